The summed E-state index contributed by atoms with van der Waals surface area (Å²) in [5.41, 5.74) is 5.83. The van der Waals surface area contributed by atoms with Gasteiger partial charge in [-0.15, -0.1) is 0 Å². The van der Waals surface area contributed by atoms with Gasteiger partial charge in [0.25, 0.3) is 0 Å². The fourth-order valence-corrected chi connectivity index (χ4v) is 1.42. The summed E-state index contributed by atoms with van der Waals surface area (Å²) in [5.74, 6) is -0.779. The van der Waals surface area contributed by atoms with E-state index in [0.29, 0.717) is 5.56 Å². The summed E-state index contributed by atoms with van der Waals surface area (Å²) in [6.45, 7) is -1.15. The van der Waals surface area contributed by atoms with Crippen LogP contribution in [0.15, 0.2) is 24.3 Å². The van der Waals surface area contributed by atoms with Crippen LogP contribution < -0.4 is 10.5 Å². The van der Waals surface area contributed by atoms with Crippen LogP contribution in [0.3, 0.4) is 0 Å². The SMILES string of the molecule is CCOC(=O)[C@@H](N)[C@@H](O)c1ccc(OC(F)F)cc1. The molecule has 0 aliphatic heterocycles. The van der Waals surface area contributed by atoms with Gasteiger partial charge in [0.05, 0.1) is 6.61 Å². The lowest BCUT2D eigenvalue weighted by molar-refractivity contribution is -0.147. The van der Waals surface area contributed by atoms with Crippen LogP contribution in [0, 0.1) is 0 Å². The highest BCUT2D eigenvalue weighted by molar-refractivity contribution is 5.76. The summed E-state index contributed by atoms with van der Waals surface area (Å²) in [5, 5.41) is 9.84. The first-order chi connectivity index (χ1) is 8.95. The maximum Gasteiger partial charge on any atom is 0.387 e. The van der Waals surface area contributed by atoms with Crippen molar-refractivity contribution >= 4 is 5.97 Å². The molecule has 1 aromatic rings. The van der Waals surface area contributed by atoms with Crippen molar-refractivity contribution in [2.75, 3.05) is 6.61 Å². The van der Waals surface area contributed by atoms with Crippen LogP contribution in [0.1, 0.15) is 18.6 Å². The van der Waals surface area contributed by atoms with Gasteiger partial charge < -0.3 is 20.3 Å². The van der Waals surface area contributed by atoms with Gasteiger partial charge in [-0.3, -0.25) is 4.79 Å². The Labute approximate surface area is 108 Å². The molecule has 106 valence electrons. The minimum Gasteiger partial charge on any atom is -0.465 e. The third kappa shape index (κ3) is 4.46. The average Bonchev–Trinajstić information content (AvgIpc) is 2.37. The van der Waals surface area contributed by atoms with Crippen LogP contribution in [0.2, 0.25) is 0 Å². The molecule has 0 heterocycles. The molecule has 0 bridgehead atoms. The van der Waals surface area contributed by atoms with Crippen molar-refractivity contribution in [3.8, 4) is 5.75 Å². The smallest absolute Gasteiger partial charge is 0.387 e. The van der Waals surface area contributed by atoms with Gasteiger partial charge in [-0.1, -0.05) is 12.1 Å². The molecule has 2 atom stereocenters. The fourth-order valence-electron chi connectivity index (χ4n) is 1.42. The van der Waals surface area contributed by atoms with E-state index >= 15 is 0 Å². The normalized spacial score (nSPS) is 14.0. The Balaban J connectivity index is 2.71. The molecule has 1 rings (SSSR count). The van der Waals surface area contributed by atoms with Crippen molar-refractivity contribution in [3.63, 3.8) is 0 Å². The summed E-state index contributed by atoms with van der Waals surface area (Å²) in [6, 6.07) is 3.97. The van der Waals surface area contributed by atoms with Crippen LogP contribution in [0.4, 0.5) is 8.78 Å². The van der Waals surface area contributed by atoms with Crippen LogP contribution in [0.25, 0.3) is 0 Å². The van der Waals surface area contributed by atoms with Crippen molar-refractivity contribution in [2.45, 2.75) is 25.7 Å². The minimum atomic E-state index is -2.92. The van der Waals surface area contributed by atoms with Gasteiger partial charge in [0, 0.05) is 0 Å². The second-order valence-electron chi connectivity index (χ2n) is 3.67. The zero-order chi connectivity index (χ0) is 14.4. The number of esters is 1. The van der Waals surface area contributed by atoms with E-state index in [1.165, 1.54) is 24.3 Å². The van der Waals surface area contributed by atoms with E-state index < -0.39 is 24.7 Å². The Morgan fingerprint density at radius 3 is 2.42 bits per heavy atom. The minimum absolute atomic E-state index is 0.0457. The maximum absolute atomic E-state index is 11.9. The van der Waals surface area contributed by atoms with Gasteiger partial charge in [-0.2, -0.15) is 8.78 Å². The zero-order valence-electron chi connectivity index (χ0n) is 10.3. The first kappa shape index (κ1) is 15.3. The largest absolute Gasteiger partial charge is 0.465 e. The standard InChI is InChI=1S/C12H15F2NO4/c1-2-18-11(17)9(15)10(16)7-3-5-8(6-4-7)19-12(13)14/h3-6,9-10,12,16H,2,15H2,1H3/t9-,10-/m0/s1. The van der Waals surface area contributed by atoms with Crippen molar-refractivity contribution in [1.29, 1.82) is 0 Å². The van der Waals surface area contributed by atoms with Gasteiger partial charge in [0.2, 0.25) is 0 Å². The molecule has 7 heteroatoms. The number of carbonyl (C=O) groups is 1. The van der Waals surface area contributed by atoms with Crippen LogP contribution in [-0.4, -0.2) is 30.3 Å². The first-order valence-electron chi connectivity index (χ1n) is 5.60. The summed E-state index contributed by atoms with van der Waals surface area (Å²) in [6.07, 6.45) is -1.28. The molecule has 0 aromatic heterocycles. The Morgan fingerprint density at radius 1 is 1.37 bits per heavy atom. The van der Waals surface area contributed by atoms with Crippen molar-refractivity contribution in [1.82, 2.24) is 0 Å². The Bertz CT molecular complexity index is 411. The van der Waals surface area contributed by atoms with E-state index in [-0.39, 0.29) is 12.4 Å². The Morgan fingerprint density at radius 2 is 1.95 bits per heavy atom. The highest BCUT2D eigenvalue weighted by Gasteiger charge is 2.25. The quantitative estimate of drug-likeness (QED) is 0.763. The van der Waals surface area contributed by atoms with E-state index in [9.17, 15) is 18.7 Å². The Hall–Kier alpha value is -1.73. The average molecular weight is 275 g/mol. The van der Waals surface area contributed by atoms with E-state index in [0.717, 1.165) is 0 Å². The summed E-state index contributed by atoms with van der Waals surface area (Å²) < 4.78 is 32.7. The molecule has 0 unspecified atom stereocenters. The molecule has 0 fully saturated rings. The number of aliphatic hydroxyl groups excluding tert-OH is 1. The van der Waals surface area contributed by atoms with Gasteiger partial charge in [-0.25, -0.2) is 0 Å². The number of ether oxygens (including phenoxy) is 2. The number of aliphatic hydroxyl groups is 1. The molecule has 1 aromatic carbocycles. The molecule has 5 nitrogen and oxygen atoms in total. The lowest BCUT2D eigenvalue weighted by Crippen LogP contribution is -2.38. The summed E-state index contributed by atoms with van der Waals surface area (Å²) in [7, 11) is 0. The second kappa shape index (κ2) is 7.01. The second-order valence-corrected chi connectivity index (χ2v) is 3.67. The number of hydrogen-bond acceptors (Lipinski definition) is 5. The number of hydrogen-bond donors (Lipinski definition) is 2. The molecule has 0 radical (unpaired) electrons. The summed E-state index contributed by atoms with van der Waals surface area (Å²) in [4.78, 5) is 11.3. The van der Waals surface area contributed by atoms with Gasteiger partial charge in [0.1, 0.15) is 17.9 Å². The van der Waals surface area contributed by atoms with Gasteiger partial charge >= 0.3 is 12.6 Å². The molecule has 19 heavy (non-hydrogen) atoms. The molecule has 0 amide bonds. The van der Waals surface area contributed by atoms with Crippen molar-refractivity contribution in [3.05, 3.63) is 29.8 Å². The number of alkyl halides is 2. The molecular weight excluding hydrogens is 260 g/mol. The predicted octanol–water partition coefficient (Wildman–Crippen LogP) is 1.21. The molecule has 0 saturated carbocycles. The Kier molecular flexibility index (Phi) is 5.65. The lowest BCUT2D eigenvalue weighted by Gasteiger charge is -2.17. The molecular formula is C12H15F2NO4. The van der Waals surface area contributed by atoms with Crippen molar-refractivity contribution in [2.24, 2.45) is 5.73 Å². The number of nitrogens with two attached hydrogens (primary N) is 1. The van der Waals surface area contributed by atoms with Crippen LogP contribution in [-0.2, 0) is 9.53 Å². The molecule has 0 saturated heterocycles. The van der Waals surface area contributed by atoms with E-state index in [2.05, 4.69) is 9.47 Å². The molecule has 0 aliphatic rings. The van der Waals surface area contributed by atoms with Gasteiger partial charge in [-0.05, 0) is 24.6 Å². The third-order valence-electron chi connectivity index (χ3n) is 2.35. The first-order valence-corrected chi connectivity index (χ1v) is 5.60. The van der Waals surface area contributed by atoms with Crippen molar-refractivity contribution < 1.29 is 28.2 Å². The zero-order valence-corrected chi connectivity index (χ0v) is 10.3. The molecule has 0 spiro atoms. The van der Waals surface area contributed by atoms with E-state index in [1.54, 1.807) is 6.92 Å². The lowest BCUT2D eigenvalue weighted by atomic mass is 10.0. The number of benzene rings is 1. The van der Waals surface area contributed by atoms with E-state index in [4.69, 9.17) is 5.73 Å². The number of rotatable bonds is 6. The monoisotopic (exact) mass is 275 g/mol. The maximum atomic E-state index is 11.9. The fraction of sp³-hybridized carbons (Fsp3) is 0.417. The third-order valence-corrected chi connectivity index (χ3v) is 2.35. The van der Waals surface area contributed by atoms with Crippen LogP contribution >= 0.6 is 0 Å². The van der Waals surface area contributed by atoms with Crippen LogP contribution in [0.5, 0.6) is 5.75 Å². The van der Waals surface area contributed by atoms with E-state index in [1.807, 2.05) is 0 Å². The molecule has 3 N–H and O–H groups in total. The molecule has 0 aliphatic carbocycles. The summed E-state index contributed by atoms with van der Waals surface area (Å²) >= 11 is 0. The number of carbonyl (C=O) groups excluding carboxylic acids is 1. The van der Waals surface area contributed by atoms with Gasteiger partial charge in [0.15, 0.2) is 0 Å². The highest BCUT2D eigenvalue weighted by atomic mass is 19.3. The highest BCUT2D eigenvalue weighted by Crippen LogP contribution is 2.21. The number of halogens is 2. The predicted molar refractivity (Wildman–Crippen MR) is 62.6 cm³/mol. The topological polar surface area (TPSA) is 81.8 Å².